The summed E-state index contributed by atoms with van der Waals surface area (Å²) in [5, 5.41) is 39.3. The van der Waals surface area contributed by atoms with Crippen LogP contribution in [-0.4, -0.2) is 75.5 Å². The molecule has 3 aromatic carbocycles. The van der Waals surface area contributed by atoms with Gasteiger partial charge in [-0.2, -0.15) is 0 Å². The molecule has 0 radical (unpaired) electrons. The smallest absolute Gasteiger partial charge is 0.322 e. The maximum Gasteiger partial charge on any atom is 0.322 e. The third-order valence-corrected chi connectivity index (χ3v) is 10.0. The lowest BCUT2D eigenvalue weighted by atomic mass is 9.78. The van der Waals surface area contributed by atoms with Gasteiger partial charge in [-0.3, -0.25) is 33.6 Å². The summed E-state index contributed by atoms with van der Waals surface area (Å²) >= 11 is 0. The SMILES string of the molecule is CCCCCC1NC(=O)C(CC(=O)O)C(c2ccc(C(C(=O)O)C(=O)O)cc2)CCCC(c2cccc3ccccc23)CNC(=O)C(CC(N)=O)NC1=O. The van der Waals surface area contributed by atoms with E-state index in [0.29, 0.717) is 24.8 Å². The van der Waals surface area contributed by atoms with Crippen molar-refractivity contribution in [2.75, 3.05) is 6.54 Å². The molecule has 5 unspecified atom stereocenters. The van der Waals surface area contributed by atoms with Crippen molar-refractivity contribution in [1.82, 2.24) is 16.0 Å². The molecule has 1 heterocycles. The van der Waals surface area contributed by atoms with Gasteiger partial charge in [-0.25, -0.2) is 0 Å². The Morgan fingerprint density at radius 2 is 1.44 bits per heavy atom. The molecule has 1 saturated heterocycles. The minimum atomic E-state index is -1.83. The van der Waals surface area contributed by atoms with Crippen molar-refractivity contribution in [3.8, 4) is 0 Å². The van der Waals surface area contributed by atoms with Gasteiger partial charge in [0, 0.05) is 12.5 Å². The van der Waals surface area contributed by atoms with Crippen molar-refractivity contribution >= 4 is 52.3 Å². The van der Waals surface area contributed by atoms with E-state index < -0.39 is 84.2 Å². The summed E-state index contributed by atoms with van der Waals surface area (Å²) in [6.07, 6.45) is 2.31. The Hall–Kier alpha value is -5.79. The number of rotatable bonds is 13. The Kier molecular flexibility index (Phi) is 14.7. The fourth-order valence-corrected chi connectivity index (χ4v) is 7.27. The first-order valence-corrected chi connectivity index (χ1v) is 18.2. The molecular formula is C40H48N4O10. The number of primary amides is 1. The monoisotopic (exact) mass is 744 g/mol. The Morgan fingerprint density at radius 1 is 0.778 bits per heavy atom. The molecule has 4 amide bonds. The van der Waals surface area contributed by atoms with E-state index in [1.54, 1.807) is 0 Å². The van der Waals surface area contributed by atoms with E-state index in [1.807, 2.05) is 49.4 Å². The van der Waals surface area contributed by atoms with Crippen molar-refractivity contribution < 1.29 is 48.9 Å². The molecule has 0 aliphatic carbocycles. The molecule has 1 aliphatic rings. The number of hydrogen-bond acceptors (Lipinski definition) is 7. The van der Waals surface area contributed by atoms with E-state index >= 15 is 0 Å². The lowest BCUT2D eigenvalue weighted by Crippen LogP contribution is -2.55. The highest BCUT2D eigenvalue weighted by Gasteiger charge is 2.36. The van der Waals surface area contributed by atoms with Crippen LogP contribution in [0.15, 0.2) is 66.7 Å². The lowest BCUT2D eigenvalue weighted by molar-refractivity contribution is -0.150. The van der Waals surface area contributed by atoms with Gasteiger partial charge in [0.25, 0.3) is 0 Å². The molecule has 3 aromatic rings. The van der Waals surface area contributed by atoms with Crippen LogP contribution in [0.5, 0.6) is 0 Å². The number of unbranched alkanes of at least 4 members (excludes halogenated alkanes) is 2. The van der Waals surface area contributed by atoms with Gasteiger partial charge < -0.3 is 37.0 Å². The summed E-state index contributed by atoms with van der Waals surface area (Å²) < 4.78 is 0. The molecule has 14 nitrogen and oxygen atoms in total. The average molecular weight is 745 g/mol. The molecule has 0 spiro atoms. The summed E-state index contributed by atoms with van der Waals surface area (Å²) in [7, 11) is 0. The van der Waals surface area contributed by atoms with Gasteiger partial charge >= 0.3 is 17.9 Å². The molecule has 1 aliphatic heterocycles. The van der Waals surface area contributed by atoms with Gasteiger partial charge in [0.05, 0.1) is 18.8 Å². The first kappa shape index (κ1) is 41.0. The predicted molar refractivity (Wildman–Crippen MR) is 198 cm³/mol. The lowest BCUT2D eigenvalue weighted by Gasteiger charge is -2.29. The summed E-state index contributed by atoms with van der Waals surface area (Å²) in [6.45, 7) is 2.08. The number of carboxylic acids is 3. The fourth-order valence-electron chi connectivity index (χ4n) is 7.27. The third-order valence-electron chi connectivity index (χ3n) is 10.0. The minimum Gasteiger partial charge on any atom is -0.481 e. The fraction of sp³-hybridized carbons (Fsp3) is 0.425. The Labute approximate surface area is 312 Å². The molecule has 0 aromatic heterocycles. The van der Waals surface area contributed by atoms with E-state index in [9.17, 15) is 48.9 Å². The highest BCUT2D eigenvalue weighted by Crippen LogP contribution is 2.36. The van der Waals surface area contributed by atoms with Crippen LogP contribution >= 0.6 is 0 Å². The van der Waals surface area contributed by atoms with E-state index in [0.717, 1.165) is 29.2 Å². The van der Waals surface area contributed by atoms with E-state index in [1.165, 1.54) is 24.3 Å². The van der Waals surface area contributed by atoms with E-state index in [4.69, 9.17) is 5.73 Å². The maximum atomic E-state index is 14.2. The average Bonchev–Trinajstić information content (AvgIpc) is 3.12. The maximum absolute atomic E-state index is 14.2. The van der Waals surface area contributed by atoms with Crippen molar-refractivity contribution in [2.24, 2.45) is 11.7 Å². The second-order valence-electron chi connectivity index (χ2n) is 13.8. The second kappa shape index (κ2) is 19.3. The summed E-state index contributed by atoms with van der Waals surface area (Å²) in [5.41, 5.74) is 6.90. The van der Waals surface area contributed by atoms with Crippen molar-refractivity contribution in [2.45, 2.75) is 94.5 Å². The van der Waals surface area contributed by atoms with Crippen molar-refractivity contribution in [3.63, 3.8) is 0 Å². The number of carboxylic acid groups (broad SMARTS) is 3. The molecule has 1 fully saturated rings. The van der Waals surface area contributed by atoms with Gasteiger partial charge in [-0.05, 0) is 52.6 Å². The molecule has 14 heteroatoms. The molecule has 5 atom stereocenters. The summed E-state index contributed by atoms with van der Waals surface area (Å²) in [6, 6.07) is 16.8. The number of benzene rings is 3. The van der Waals surface area contributed by atoms with Crippen LogP contribution in [0.1, 0.15) is 99.2 Å². The number of hydrogen-bond donors (Lipinski definition) is 7. The van der Waals surface area contributed by atoms with Crippen LogP contribution in [0.3, 0.4) is 0 Å². The Bertz CT molecular complexity index is 1830. The number of nitrogens with one attached hydrogen (secondary N) is 3. The number of aliphatic carboxylic acids is 3. The Morgan fingerprint density at radius 3 is 2.09 bits per heavy atom. The molecular weight excluding hydrogens is 696 g/mol. The molecule has 0 bridgehead atoms. The molecule has 0 saturated carbocycles. The number of carbonyl (C=O) groups is 7. The Balaban J connectivity index is 1.82. The number of nitrogens with two attached hydrogens (primary N) is 1. The molecule has 54 heavy (non-hydrogen) atoms. The van der Waals surface area contributed by atoms with Gasteiger partial charge in [-0.15, -0.1) is 0 Å². The van der Waals surface area contributed by atoms with Crippen LogP contribution in [0.2, 0.25) is 0 Å². The zero-order valence-corrected chi connectivity index (χ0v) is 30.2. The van der Waals surface area contributed by atoms with Crippen LogP contribution in [0, 0.1) is 5.92 Å². The standard InChI is InChI=1S/C40H48N4O10/c1-2-3-4-15-31-38(50)44-32(21-33(41)45)37(49)42-22-26(29-14-7-10-23-9-5-6-12-27(23)29)11-8-13-28(30(20-34(46)47)36(48)43-31)24-16-18-25(19-17-24)35(39(51)52)40(53)54/h5-7,9-10,12,14,16-19,26,28,30-32,35H,2-4,8,11,13,15,20-22H2,1H3,(H2,41,45)(H,42,49)(H,43,48)(H,44,50)(H,46,47)(H,51,52)(H,53,54). The van der Waals surface area contributed by atoms with Gasteiger partial charge in [0.1, 0.15) is 12.1 Å². The van der Waals surface area contributed by atoms with Crippen LogP contribution in [-0.2, 0) is 33.6 Å². The quantitative estimate of drug-likeness (QED) is 0.0987. The van der Waals surface area contributed by atoms with Crippen LogP contribution in [0.4, 0.5) is 0 Å². The second-order valence-corrected chi connectivity index (χ2v) is 13.8. The highest BCUT2D eigenvalue weighted by molar-refractivity contribution is 5.99. The van der Waals surface area contributed by atoms with Gasteiger partial charge in [0.2, 0.25) is 23.6 Å². The minimum absolute atomic E-state index is 0.0000586. The molecule has 8 N–H and O–H groups in total. The summed E-state index contributed by atoms with van der Waals surface area (Å²) in [5.74, 6) is -11.3. The predicted octanol–water partition coefficient (Wildman–Crippen LogP) is 3.78. The summed E-state index contributed by atoms with van der Waals surface area (Å²) in [4.78, 5) is 89.5. The van der Waals surface area contributed by atoms with Crippen LogP contribution in [0.25, 0.3) is 10.8 Å². The first-order chi connectivity index (χ1) is 25.8. The number of amides is 4. The number of fused-ring (bicyclic) bond motifs is 1. The topological polar surface area (TPSA) is 242 Å². The molecule has 288 valence electrons. The first-order valence-electron chi connectivity index (χ1n) is 18.2. The van der Waals surface area contributed by atoms with Crippen LogP contribution < -0.4 is 21.7 Å². The molecule has 4 rings (SSSR count). The van der Waals surface area contributed by atoms with E-state index in [2.05, 4.69) is 16.0 Å². The normalized spacial score (nSPS) is 21.6. The third kappa shape index (κ3) is 10.9. The zero-order valence-electron chi connectivity index (χ0n) is 30.2. The number of carbonyl (C=O) groups excluding carboxylic acids is 4. The van der Waals surface area contributed by atoms with Gasteiger partial charge in [0.15, 0.2) is 5.92 Å². The van der Waals surface area contributed by atoms with Gasteiger partial charge in [-0.1, -0.05) is 99.3 Å². The van der Waals surface area contributed by atoms with Crippen molar-refractivity contribution in [3.05, 3.63) is 83.4 Å². The zero-order chi connectivity index (χ0) is 39.4. The van der Waals surface area contributed by atoms with Crippen molar-refractivity contribution in [1.29, 1.82) is 0 Å². The van der Waals surface area contributed by atoms with E-state index in [-0.39, 0.29) is 30.9 Å². The highest BCUT2D eigenvalue weighted by atomic mass is 16.4. The largest absolute Gasteiger partial charge is 0.481 e.